The molecule has 3 aromatic heterocycles. The van der Waals surface area contributed by atoms with E-state index in [1.54, 1.807) is 25.2 Å². The third-order valence-corrected chi connectivity index (χ3v) is 12.0. The van der Waals surface area contributed by atoms with Gasteiger partial charge in [0, 0.05) is 57.8 Å². The van der Waals surface area contributed by atoms with Crippen molar-refractivity contribution in [3.63, 3.8) is 0 Å². The second-order valence-electron chi connectivity index (χ2n) is 15.7. The second kappa shape index (κ2) is 15.3. The smallest absolute Gasteiger partial charge is 0.270 e. The lowest BCUT2D eigenvalue weighted by Crippen LogP contribution is -2.41. The fourth-order valence-corrected chi connectivity index (χ4v) is 8.96. The molecule has 0 bridgehead atoms. The summed E-state index contributed by atoms with van der Waals surface area (Å²) in [6, 6.07) is 14.9. The third-order valence-electron chi connectivity index (χ3n) is 12.0. The first-order valence-electron chi connectivity index (χ1n) is 19.5. The Kier molecular flexibility index (Phi) is 10.1. The monoisotopic (exact) mass is 717 g/mol. The molecule has 4 fully saturated rings. The molecular weight excluding hydrogens is 667 g/mol. The number of anilines is 3. The lowest BCUT2D eigenvalue weighted by Gasteiger charge is -2.38. The maximum atomic E-state index is 13.1. The van der Waals surface area contributed by atoms with Crippen LogP contribution in [0.4, 0.5) is 17.5 Å². The van der Waals surface area contributed by atoms with E-state index in [1.165, 1.54) is 18.4 Å². The largest absolute Gasteiger partial charge is 0.370 e. The molecule has 1 saturated carbocycles. The first-order valence-corrected chi connectivity index (χ1v) is 19.5. The van der Waals surface area contributed by atoms with Gasteiger partial charge in [-0.2, -0.15) is 4.98 Å². The van der Waals surface area contributed by atoms with Crippen LogP contribution >= 0.6 is 0 Å². The van der Waals surface area contributed by atoms with Gasteiger partial charge < -0.3 is 24.6 Å². The Morgan fingerprint density at radius 3 is 2.28 bits per heavy atom. The summed E-state index contributed by atoms with van der Waals surface area (Å²) in [6.45, 7) is 5.46. The van der Waals surface area contributed by atoms with E-state index < -0.39 is 0 Å². The van der Waals surface area contributed by atoms with Crippen molar-refractivity contribution >= 4 is 46.2 Å². The number of imide groups is 1. The van der Waals surface area contributed by atoms with Crippen molar-refractivity contribution < 1.29 is 14.4 Å². The van der Waals surface area contributed by atoms with Crippen LogP contribution in [0, 0.1) is 5.92 Å². The molecule has 12 nitrogen and oxygen atoms in total. The van der Waals surface area contributed by atoms with Crippen molar-refractivity contribution in [1.82, 2.24) is 34.6 Å². The number of piperidine rings is 3. The number of pyridine rings is 1. The molecule has 1 aliphatic carbocycles. The number of aromatic nitrogens is 4. The molecule has 3 amide bonds. The summed E-state index contributed by atoms with van der Waals surface area (Å²) in [6.07, 6.45) is 13.8. The molecule has 1 aromatic carbocycles. The Labute approximate surface area is 311 Å². The number of likely N-dealkylation sites (tertiary alicyclic amines) is 1. The van der Waals surface area contributed by atoms with Crippen LogP contribution in [0.5, 0.6) is 0 Å². The molecule has 2 N–H and O–H groups in total. The highest BCUT2D eigenvalue weighted by Crippen LogP contribution is 2.36. The molecule has 0 radical (unpaired) electrons. The van der Waals surface area contributed by atoms with Gasteiger partial charge in [-0.05, 0) is 99.2 Å². The van der Waals surface area contributed by atoms with Crippen molar-refractivity contribution in [3.8, 4) is 0 Å². The topological polar surface area (TPSA) is 129 Å². The van der Waals surface area contributed by atoms with Gasteiger partial charge in [-0.1, -0.05) is 37.1 Å². The molecule has 4 aliphatic rings. The summed E-state index contributed by atoms with van der Waals surface area (Å²) in [7, 11) is 3.58. The van der Waals surface area contributed by atoms with E-state index in [1.807, 2.05) is 18.3 Å². The number of amides is 3. The van der Waals surface area contributed by atoms with Gasteiger partial charge in [-0.3, -0.25) is 19.7 Å². The second-order valence-corrected chi connectivity index (χ2v) is 15.7. The van der Waals surface area contributed by atoms with Crippen LogP contribution in [-0.4, -0.2) is 93.9 Å². The molecule has 3 aliphatic heterocycles. The number of hydrogen-bond donors (Lipinski definition) is 2. The van der Waals surface area contributed by atoms with Crippen molar-refractivity contribution in [2.45, 2.75) is 82.1 Å². The summed E-state index contributed by atoms with van der Waals surface area (Å²) >= 11 is 0. The Morgan fingerprint density at radius 1 is 0.868 bits per heavy atom. The summed E-state index contributed by atoms with van der Waals surface area (Å²) < 4.78 is 2.13. The van der Waals surface area contributed by atoms with Crippen LogP contribution in [-0.2, 0) is 9.59 Å². The van der Waals surface area contributed by atoms with Crippen molar-refractivity contribution in [3.05, 3.63) is 71.7 Å². The van der Waals surface area contributed by atoms with E-state index in [0.29, 0.717) is 42.1 Å². The minimum absolute atomic E-state index is 0.0140. The number of benzene rings is 1. The van der Waals surface area contributed by atoms with Gasteiger partial charge in [0.25, 0.3) is 5.91 Å². The van der Waals surface area contributed by atoms with E-state index in [0.717, 1.165) is 93.5 Å². The molecule has 53 heavy (non-hydrogen) atoms. The lowest BCUT2D eigenvalue weighted by molar-refractivity contribution is -0.134. The molecule has 6 heterocycles. The Balaban J connectivity index is 0.815. The normalized spacial score (nSPS) is 20.9. The van der Waals surface area contributed by atoms with Crippen LogP contribution in [0.25, 0.3) is 11.0 Å². The molecule has 12 heteroatoms. The van der Waals surface area contributed by atoms with Gasteiger partial charge in [0.15, 0.2) is 0 Å². The van der Waals surface area contributed by atoms with Crippen molar-refractivity contribution in [2.24, 2.45) is 5.92 Å². The van der Waals surface area contributed by atoms with Gasteiger partial charge in [0.1, 0.15) is 17.2 Å². The molecule has 8 rings (SSSR count). The van der Waals surface area contributed by atoms with Gasteiger partial charge in [-0.15, -0.1) is 0 Å². The average molecular weight is 718 g/mol. The Morgan fingerprint density at radius 2 is 1.60 bits per heavy atom. The average Bonchev–Trinajstić information content (AvgIpc) is 3.84. The Bertz CT molecular complexity index is 1940. The standard InChI is InChI=1S/C41H51N9O3/c1-47(2)40(53)35-23-31-24-43-41(46-38(31)50(35)32-5-3-4-6-32)44-36-13-11-33(25-42-36)49-21-15-27(16-22-49)26-48-19-17-29(18-20-48)28-7-9-30(10-8-28)34-12-14-37(51)45-39(34)52/h7-11,13,23-25,27,29,32,34H,3-6,12,14-22,26H2,1-2H3,(H,45,51,52)(H,42,43,44,46). The SMILES string of the molecule is CN(C)C(=O)c1cc2cnc(Nc3ccc(N4CCC(CN5CCC(c6ccc(C7CCC(=O)NC7=O)cc6)CC5)CC4)cn3)nc2n1C1CCCC1. The lowest BCUT2D eigenvalue weighted by atomic mass is 9.85. The maximum absolute atomic E-state index is 13.1. The maximum Gasteiger partial charge on any atom is 0.270 e. The van der Waals surface area contributed by atoms with Gasteiger partial charge in [0.2, 0.25) is 17.8 Å². The summed E-state index contributed by atoms with van der Waals surface area (Å²) in [5, 5.41) is 6.65. The molecule has 0 spiro atoms. The highest BCUT2D eigenvalue weighted by molar-refractivity contribution is 6.01. The number of carbonyl (C=O) groups excluding carboxylic acids is 3. The highest BCUT2D eigenvalue weighted by atomic mass is 16.2. The molecule has 4 aromatic rings. The van der Waals surface area contributed by atoms with E-state index in [-0.39, 0.29) is 29.7 Å². The molecular formula is C41H51N9O3. The van der Waals surface area contributed by atoms with Crippen LogP contribution in [0.2, 0.25) is 0 Å². The van der Waals surface area contributed by atoms with Gasteiger partial charge >= 0.3 is 0 Å². The van der Waals surface area contributed by atoms with Crippen LogP contribution < -0.4 is 15.5 Å². The summed E-state index contributed by atoms with van der Waals surface area (Å²) in [5.74, 6) is 1.86. The van der Waals surface area contributed by atoms with Gasteiger partial charge in [-0.25, -0.2) is 9.97 Å². The first kappa shape index (κ1) is 35.2. The number of nitrogens with one attached hydrogen (secondary N) is 2. The van der Waals surface area contributed by atoms with E-state index in [4.69, 9.17) is 9.97 Å². The number of fused-ring (bicyclic) bond motifs is 1. The first-order chi connectivity index (χ1) is 25.8. The minimum atomic E-state index is -0.221. The van der Waals surface area contributed by atoms with E-state index in [9.17, 15) is 14.4 Å². The van der Waals surface area contributed by atoms with E-state index in [2.05, 4.69) is 60.3 Å². The molecule has 3 saturated heterocycles. The number of carbonyl (C=O) groups is 3. The predicted octanol–water partition coefficient (Wildman–Crippen LogP) is 6.00. The molecule has 1 atom stereocenters. The zero-order valence-electron chi connectivity index (χ0n) is 31.0. The fourth-order valence-electron chi connectivity index (χ4n) is 8.96. The van der Waals surface area contributed by atoms with E-state index >= 15 is 0 Å². The number of rotatable bonds is 9. The zero-order valence-corrected chi connectivity index (χ0v) is 31.0. The molecule has 278 valence electrons. The predicted molar refractivity (Wildman–Crippen MR) is 205 cm³/mol. The quantitative estimate of drug-likeness (QED) is 0.200. The van der Waals surface area contributed by atoms with Crippen molar-refractivity contribution in [1.29, 1.82) is 0 Å². The van der Waals surface area contributed by atoms with Crippen LogP contribution in [0.1, 0.15) is 104 Å². The van der Waals surface area contributed by atoms with Gasteiger partial charge in [0.05, 0.1) is 17.8 Å². The van der Waals surface area contributed by atoms with Crippen molar-refractivity contribution in [2.75, 3.05) is 57.0 Å². The third kappa shape index (κ3) is 7.65. The Hall–Kier alpha value is -4.84. The summed E-state index contributed by atoms with van der Waals surface area (Å²) in [5.41, 5.74) is 4.97. The van der Waals surface area contributed by atoms with Crippen LogP contribution in [0.15, 0.2) is 54.9 Å². The number of hydrogen-bond acceptors (Lipinski definition) is 9. The zero-order chi connectivity index (χ0) is 36.5. The highest BCUT2D eigenvalue weighted by Gasteiger charge is 2.30. The molecule has 1 unspecified atom stereocenters. The fraction of sp³-hybridized carbons (Fsp3) is 0.512. The minimum Gasteiger partial charge on any atom is -0.370 e. The number of nitrogens with zero attached hydrogens (tertiary/aromatic N) is 7. The van der Waals surface area contributed by atoms with Crippen LogP contribution in [0.3, 0.4) is 0 Å². The summed E-state index contributed by atoms with van der Waals surface area (Å²) in [4.78, 5) is 57.8.